The lowest BCUT2D eigenvalue weighted by Crippen LogP contribution is -2.27. The Morgan fingerprint density at radius 1 is 1.15 bits per heavy atom. The van der Waals surface area contributed by atoms with E-state index >= 15 is 0 Å². The van der Waals surface area contributed by atoms with Crippen molar-refractivity contribution >= 4 is 40.4 Å². The SMILES string of the molecule is O=C(CCNC(=O)c1ccc(Cl)s1)Nc1ccc(-n2ccncc2=O)cc1. The van der Waals surface area contributed by atoms with Crippen molar-refractivity contribution in [3.05, 3.63) is 74.6 Å². The Bertz CT molecular complexity index is 1010. The quantitative estimate of drug-likeness (QED) is 0.663. The summed E-state index contributed by atoms with van der Waals surface area (Å²) < 4.78 is 1.99. The van der Waals surface area contributed by atoms with Gasteiger partial charge in [-0.15, -0.1) is 11.3 Å². The van der Waals surface area contributed by atoms with Crippen molar-refractivity contribution in [3.63, 3.8) is 0 Å². The van der Waals surface area contributed by atoms with Crippen molar-refractivity contribution in [1.29, 1.82) is 0 Å². The van der Waals surface area contributed by atoms with Gasteiger partial charge in [0.2, 0.25) is 5.91 Å². The molecule has 0 saturated carbocycles. The van der Waals surface area contributed by atoms with Crippen LogP contribution in [0.2, 0.25) is 4.34 Å². The van der Waals surface area contributed by atoms with E-state index in [9.17, 15) is 14.4 Å². The number of amides is 2. The van der Waals surface area contributed by atoms with Crippen LogP contribution in [0.5, 0.6) is 0 Å². The highest BCUT2D eigenvalue weighted by Crippen LogP contribution is 2.21. The predicted molar refractivity (Wildman–Crippen MR) is 105 cm³/mol. The molecule has 0 radical (unpaired) electrons. The number of thiophene rings is 1. The van der Waals surface area contributed by atoms with Gasteiger partial charge in [-0.1, -0.05) is 11.6 Å². The zero-order valence-electron chi connectivity index (χ0n) is 14.0. The molecule has 0 aliphatic rings. The van der Waals surface area contributed by atoms with Gasteiger partial charge in [0.1, 0.15) is 0 Å². The van der Waals surface area contributed by atoms with Crippen LogP contribution in [0.25, 0.3) is 5.69 Å². The Morgan fingerprint density at radius 3 is 2.59 bits per heavy atom. The molecule has 0 aliphatic heterocycles. The smallest absolute Gasteiger partial charge is 0.273 e. The molecule has 2 aromatic heterocycles. The predicted octanol–water partition coefficient (Wildman–Crippen LogP) is 2.71. The summed E-state index contributed by atoms with van der Waals surface area (Å²) in [5, 5.41) is 5.42. The van der Waals surface area contributed by atoms with Gasteiger partial charge < -0.3 is 10.6 Å². The monoisotopic (exact) mass is 402 g/mol. The standard InChI is InChI=1S/C18H15ClN4O3S/c19-15-6-5-14(27-15)18(26)21-8-7-16(24)22-12-1-3-13(4-2-12)23-10-9-20-11-17(23)25/h1-6,9-11H,7-8H2,(H,21,26)(H,22,24). The summed E-state index contributed by atoms with van der Waals surface area (Å²) in [6.07, 6.45) is 4.46. The highest BCUT2D eigenvalue weighted by atomic mass is 35.5. The zero-order valence-corrected chi connectivity index (χ0v) is 15.6. The minimum Gasteiger partial charge on any atom is -0.351 e. The first-order chi connectivity index (χ1) is 13.0. The Labute approximate surface area is 163 Å². The number of hydrogen-bond donors (Lipinski definition) is 2. The van der Waals surface area contributed by atoms with E-state index in [1.165, 1.54) is 28.3 Å². The van der Waals surface area contributed by atoms with Crippen LogP contribution in [0.3, 0.4) is 0 Å². The molecule has 3 rings (SSSR count). The van der Waals surface area contributed by atoms with Crippen molar-refractivity contribution in [2.24, 2.45) is 0 Å². The summed E-state index contributed by atoms with van der Waals surface area (Å²) in [5.74, 6) is -0.486. The molecular formula is C18H15ClN4O3S. The molecule has 0 fully saturated rings. The van der Waals surface area contributed by atoms with Gasteiger partial charge in [0.15, 0.2) is 0 Å². The second-order valence-corrected chi connectivity index (χ2v) is 7.20. The maximum atomic E-state index is 12.0. The maximum absolute atomic E-state index is 12.0. The molecular weight excluding hydrogens is 388 g/mol. The highest BCUT2D eigenvalue weighted by Gasteiger charge is 2.09. The van der Waals surface area contributed by atoms with Crippen LogP contribution in [-0.4, -0.2) is 27.9 Å². The molecule has 138 valence electrons. The Hall–Kier alpha value is -2.97. The molecule has 0 saturated heterocycles. The van der Waals surface area contributed by atoms with Gasteiger partial charge in [0.25, 0.3) is 11.5 Å². The minimum atomic E-state index is -0.258. The van der Waals surface area contributed by atoms with Crippen molar-refractivity contribution in [3.8, 4) is 5.69 Å². The van der Waals surface area contributed by atoms with Crippen LogP contribution in [0.1, 0.15) is 16.1 Å². The lowest BCUT2D eigenvalue weighted by molar-refractivity contribution is -0.116. The van der Waals surface area contributed by atoms with Crippen LogP contribution in [-0.2, 0) is 4.79 Å². The number of carbonyl (C=O) groups is 2. The Kier molecular flexibility index (Phi) is 6.00. The van der Waals surface area contributed by atoms with Gasteiger partial charge >= 0.3 is 0 Å². The van der Waals surface area contributed by atoms with Crippen LogP contribution < -0.4 is 16.2 Å². The summed E-state index contributed by atoms with van der Waals surface area (Å²) in [7, 11) is 0. The van der Waals surface area contributed by atoms with Gasteiger partial charge in [0, 0.05) is 36.7 Å². The number of aromatic nitrogens is 2. The topological polar surface area (TPSA) is 93.1 Å². The number of carbonyl (C=O) groups excluding carboxylic acids is 2. The molecule has 7 nitrogen and oxygen atoms in total. The number of halogens is 1. The molecule has 0 atom stereocenters. The summed E-state index contributed by atoms with van der Waals surface area (Å²) in [6.45, 7) is 0.213. The number of anilines is 1. The second kappa shape index (κ2) is 8.61. The van der Waals surface area contributed by atoms with Crippen molar-refractivity contribution < 1.29 is 9.59 Å². The molecule has 0 aliphatic carbocycles. The van der Waals surface area contributed by atoms with Crippen molar-refractivity contribution in [2.45, 2.75) is 6.42 Å². The van der Waals surface area contributed by atoms with Gasteiger partial charge in [-0.3, -0.25) is 23.9 Å². The van der Waals surface area contributed by atoms with Crippen LogP contribution in [0.15, 0.2) is 59.8 Å². The van der Waals surface area contributed by atoms with Gasteiger partial charge in [-0.25, -0.2) is 0 Å². The minimum absolute atomic E-state index is 0.135. The maximum Gasteiger partial charge on any atom is 0.273 e. The van der Waals surface area contributed by atoms with Crippen LogP contribution in [0.4, 0.5) is 5.69 Å². The van der Waals surface area contributed by atoms with E-state index in [4.69, 9.17) is 11.6 Å². The summed E-state index contributed by atoms with van der Waals surface area (Å²) in [5.41, 5.74) is 1.03. The average Bonchev–Trinajstić information content (AvgIpc) is 3.09. The first kappa shape index (κ1) is 18.8. The van der Waals surface area contributed by atoms with E-state index in [2.05, 4.69) is 15.6 Å². The second-order valence-electron chi connectivity index (χ2n) is 5.49. The van der Waals surface area contributed by atoms with E-state index in [1.54, 1.807) is 42.6 Å². The highest BCUT2D eigenvalue weighted by molar-refractivity contribution is 7.17. The fourth-order valence-electron chi connectivity index (χ4n) is 2.30. The molecule has 0 unspecified atom stereocenters. The average molecular weight is 403 g/mol. The summed E-state index contributed by atoms with van der Waals surface area (Å²) in [6, 6.07) is 10.1. The van der Waals surface area contributed by atoms with E-state index in [0.717, 1.165) is 0 Å². The Balaban J connectivity index is 1.50. The molecule has 1 aromatic carbocycles. The number of rotatable bonds is 6. The van der Waals surface area contributed by atoms with E-state index in [0.29, 0.717) is 20.6 Å². The number of nitrogens with one attached hydrogen (secondary N) is 2. The van der Waals surface area contributed by atoms with Crippen LogP contribution in [0, 0.1) is 0 Å². The summed E-state index contributed by atoms with van der Waals surface area (Å²) in [4.78, 5) is 39.9. The third kappa shape index (κ3) is 5.02. The molecule has 0 bridgehead atoms. The lowest BCUT2D eigenvalue weighted by Gasteiger charge is -2.08. The molecule has 2 amide bonds. The van der Waals surface area contributed by atoms with E-state index in [-0.39, 0.29) is 30.3 Å². The summed E-state index contributed by atoms with van der Waals surface area (Å²) >= 11 is 6.97. The number of benzene rings is 1. The van der Waals surface area contributed by atoms with Crippen molar-refractivity contribution in [2.75, 3.05) is 11.9 Å². The first-order valence-corrected chi connectivity index (χ1v) is 9.19. The molecule has 3 aromatic rings. The Morgan fingerprint density at radius 2 is 1.93 bits per heavy atom. The first-order valence-electron chi connectivity index (χ1n) is 7.99. The van der Waals surface area contributed by atoms with Gasteiger partial charge in [-0.2, -0.15) is 0 Å². The molecule has 2 heterocycles. The molecule has 2 N–H and O–H groups in total. The van der Waals surface area contributed by atoms with Gasteiger partial charge in [0.05, 0.1) is 15.4 Å². The van der Waals surface area contributed by atoms with Crippen molar-refractivity contribution in [1.82, 2.24) is 14.9 Å². The fourth-order valence-corrected chi connectivity index (χ4v) is 3.26. The van der Waals surface area contributed by atoms with Crippen LogP contribution >= 0.6 is 22.9 Å². The third-order valence-corrected chi connectivity index (χ3v) is 4.82. The molecule has 0 spiro atoms. The normalized spacial score (nSPS) is 10.4. The molecule has 9 heteroatoms. The zero-order chi connectivity index (χ0) is 19.2. The molecule has 27 heavy (non-hydrogen) atoms. The van der Waals surface area contributed by atoms with Gasteiger partial charge in [-0.05, 0) is 36.4 Å². The van der Waals surface area contributed by atoms with E-state index < -0.39 is 0 Å². The largest absolute Gasteiger partial charge is 0.351 e. The third-order valence-electron chi connectivity index (χ3n) is 3.59. The van der Waals surface area contributed by atoms with E-state index in [1.807, 2.05) is 0 Å². The number of nitrogens with zero attached hydrogens (tertiary/aromatic N) is 2. The lowest BCUT2D eigenvalue weighted by atomic mass is 10.2. The number of hydrogen-bond acceptors (Lipinski definition) is 5. The fraction of sp³-hybridized carbons (Fsp3) is 0.111.